The van der Waals surface area contributed by atoms with E-state index >= 15 is 0 Å². The van der Waals surface area contributed by atoms with Crippen molar-refractivity contribution in [2.24, 2.45) is 0 Å². The molecule has 0 aromatic rings. The fraction of sp³-hybridized carbons (Fsp3) is 0.900. The lowest BCUT2D eigenvalue weighted by Crippen LogP contribution is -2.42. The molecule has 2 fully saturated rings. The molecule has 14 heavy (non-hydrogen) atoms. The first kappa shape index (κ1) is 9.93. The molecule has 2 atom stereocenters. The van der Waals surface area contributed by atoms with E-state index in [1.165, 1.54) is 6.42 Å². The van der Waals surface area contributed by atoms with Crippen LogP contribution in [0.5, 0.6) is 0 Å². The van der Waals surface area contributed by atoms with Crippen molar-refractivity contribution in [3.05, 3.63) is 0 Å². The number of aliphatic hydroxyl groups is 1. The molecule has 4 nitrogen and oxygen atoms in total. The number of aliphatic hydroxyl groups excluding tert-OH is 1. The Morgan fingerprint density at radius 2 is 2.36 bits per heavy atom. The molecule has 0 radical (unpaired) electrons. The van der Waals surface area contributed by atoms with Gasteiger partial charge in [-0.15, -0.1) is 0 Å². The molecular weight excluding hydrogens is 180 g/mol. The van der Waals surface area contributed by atoms with Gasteiger partial charge in [0, 0.05) is 25.0 Å². The van der Waals surface area contributed by atoms with Crippen LogP contribution in [0.2, 0.25) is 0 Å². The van der Waals surface area contributed by atoms with Gasteiger partial charge in [-0.25, -0.2) is 0 Å². The van der Waals surface area contributed by atoms with Crippen LogP contribution in [0.15, 0.2) is 0 Å². The molecule has 0 bridgehead atoms. The predicted molar refractivity (Wildman–Crippen MR) is 52.8 cm³/mol. The summed E-state index contributed by atoms with van der Waals surface area (Å²) < 4.78 is 0. The number of carbonyl (C=O) groups excluding carboxylic acids is 1. The fourth-order valence-electron chi connectivity index (χ4n) is 2.44. The van der Waals surface area contributed by atoms with Crippen LogP contribution < -0.4 is 5.32 Å². The van der Waals surface area contributed by atoms with Crippen molar-refractivity contribution < 1.29 is 9.90 Å². The van der Waals surface area contributed by atoms with Crippen molar-refractivity contribution in [3.8, 4) is 0 Å². The summed E-state index contributed by atoms with van der Waals surface area (Å²) in [7, 11) is 0. The van der Waals surface area contributed by atoms with Gasteiger partial charge >= 0.3 is 0 Å². The first-order valence-corrected chi connectivity index (χ1v) is 5.44. The Balaban J connectivity index is 1.81. The number of hydrogen-bond acceptors (Lipinski definition) is 3. The van der Waals surface area contributed by atoms with Gasteiger partial charge in [-0.1, -0.05) is 0 Å². The van der Waals surface area contributed by atoms with Gasteiger partial charge in [0.05, 0.1) is 6.61 Å². The minimum Gasteiger partial charge on any atom is -0.395 e. The Hall–Kier alpha value is -0.610. The second-order valence-electron chi connectivity index (χ2n) is 4.28. The number of nitrogens with zero attached hydrogens (tertiary/aromatic N) is 1. The molecule has 2 rings (SSSR count). The highest BCUT2D eigenvalue weighted by molar-refractivity contribution is 5.78. The largest absolute Gasteiger partial charge is 0.395 e. The van der Waals surface area contributed by atoms with Crippen LogP contribution in [0.4, 0.5) is 0 Å². The van der Waals surface area contributed by atoms with Crippen LogP contribution in [-0.4, -0.2) is 47.7 Å². The zero-order valence-electron chi connectivity index (χ0n) is 8.41. The molecule has 2 heterocycles. The van der Waals surface area contributed by atoms with Gasteiger partial charge < -0.3 is 10.4 Å². The van der Waals surface area contributed by atoms with Crippen molar-refractivity contribution in [2.45, 2.75) is 37.8 Å². The molecular formula is C10H18N2O2. The molecule has 2 saturated heterocycles. The van der Waals surface area contributed by atoms with Gasteiger partial charge in [0.2, 0.25) is 5.91 Å². The van der Waals surface area contributed by atoms with Gasteiger partial charge in [0.15, 0.2) is 0 Å². The lowest BCUT2D eigenvalue weighted by Gasteiger charge is -2.25. The Kier molecular flexibility index (Phi) is 3.03. The third-order valence-corrected chi connectivity index (χ3v) is 3.25. The first-order valence-electron chi connectivity index (χ1n) is 5.44. The van der Waals surface area contributed by atoms with E-state index in [9.17, 15) is 4.79 Å². The summed E-state index contributed by atoms with van der Waals surface area (Å²) >= 11 is 0. The molecule has 2 unspecified atom stereocenters. The molecule has 1 amide bonds. The van der Waals surface area contributed by atoms with Crippen molar-refractivity contribution in [1.82, 2.24) is 10.2 Å². The van der Waals surface area contributed by atoms with Gasteiger partial charge in [0.25, 0.3) is 0 Å². The van der Waals surface area contributed by atoms with Gasteiger partial charge in [-0.2, -0.15) is 0 Å². The molecule has 4 heteroatoms. The van der Waals surface area contributed by atoms with Crippen molar-refractivity contribution in [3.63, 3.8) is 0 Å². The summed E-state index contributed by atoms with van der Waals surface area (Å²) in [6, 6.07) is 0.641. The SMILES string of the molecule is O=C1CCC(CN2CCCC2CO)N1. The van der Waals surface area contributed by atoms with Crippen molar-refractivity contribution >= 4 is 5.91 Å². The van der Waals surface area contributed by atoms with Crippen LogP contribution in [-0.2, 0) is 4.79 Å². The second-order valence-corrected chi connectivity index (χ2v) is 4.28. The Bertz CT molecular complexity index is 220. The topological polar surface area (TPSA) is 52.6 Å². The number of rotatable bonds is 3. The number of amides is 1. The molecule has 0 spiro atoms. The average Bonchev–Trinajstić information content (AvgIpc) is 2.76. The van der Waals surface area contributed by atoms with Crippen LogP contribution >= 0.6 is 0 Å². The first-order chi connectivity index (χ1) is 6.79. The molecule has 0 aliphatic carbocycles. The molecule has 2 N–H and O–H groups in total. The minimum atomic E-state index is 0.176. The maximum atomic E-state index is 11.0. The van der Waals surface area contributed by atoms with E-state index in [1.807, 2.05) is 0 Å². The highest BCUT2D eigenvalue weighted by Crippen LogP contribution is 2.18. The summed E-state index contributed by atoms with van der Waals surface area (Å²) in [6.45, 7) is 2.23. The smallest absolute Gasteiger partial charge is 0.220 e. The van der Waals surface area contributed by atoms with Crippen molar-refractivity contribution in [2.75, 3.05) is 19.7 Å². The van der Waals surface area contributed by atoms with E-state index in [-0.39, 0.29) is 12.5 Å². The number of hydrogen-bond donors (Lipinski definition) is 2. The predicted octanol–water partition coefficient (Wildman–Crippen LogP) is -0.278. The average molecular weight is 198 g/mol. The van der Waals surface area contributed by atoms with E-state index < -0.39 is 0 Å². The summed E-state index contributed by atoms with van der Waals surface area (Å²) in [5.74, 6) is 0.176. The Labute approximate surface area is 84.3 Å². The van der Waals surface area contributed by atoms with Crippen LogP contribution in [0.1, 0.15) is 25.7 Å². The lowest BCUT2D eigenvalue weighted by molar-refractivity contribution is -0.119. The van der Waals surface area contributed by atoms with E-state index in [4.69, 9.17) is 5.11 Å². The van der Waals surface area contributed by atoms with Gasteiger partial charge in [-0.05, 0) is 25.8 Å². The van der Waals surface area contributed by atoms with Gasteiger partial charge in [0.1, 0.15) is 0 Å². The quantitative estimate of drug-likeness (QED) is 0.656. The lowest BCUT2D eigenvalue weighted by atomic mass is 10.2. The van der Waals surface area contributed by atoms with E-state index in [0.717, 1.165) is 25.9 Å². The third-order valence-electron chi connectivity index (χ3n) is 3.25. The maximum Gasteiger partial charge on any atom is 0.220 e. The van der Waals surface area contributed by atoms with Crippen molar-refractivity contribution in [1.29, 1.82) is 0 Å². The Morgan fingerprint density at radius 3 is 3.00 bits per heavy atom. The fourth-order valence-corrected chi connectivity index (χ4v) is 2.44. The summed E-state index contributed by atoms with van der Waals surface area (Å²) in [5.41, 5.74) is 0. The monoisotopic (exact) mass is 198 g/mol. The maximum absolute atomic E-state index is 11.0. The zero-order valence-corrected chi connectivity index (χ0v) is 8.41. The summed E-state index contributed by atoms with van der Waals surface area (Å²) in [5, 5.41) is 12.1. The van der Waals surface area contributed by atoms with Crippen LogP contribution in [0, 0.1) is 0 Å². The van der Waals surface area contributed by atoms with Crippen LogP contribution in [0.3, 0.4) is 0 Å². The van der Waals surface area contributed by atoms with Crippen LogP contribution in [0.25, 0.3) is 0 Å². The van der Waals surface area contributed by atoms with Gasteiger partial charge in [-0.3, -0.25) is 9.69 Å². The standard InChI is InChI=1S/C10H18N2O2/c13-7-9-2-1-5-12(9)6-8-3-4-10(14)11-8/h8-9,13H,1-7H2,(H,11,14). The number of likely N-dealkylation sites (tertiary alicyclic amines) is 1. The second kappa shape index (κ2) is 4.28. The molecule has 0 aromatic carbocycles. The summed E-state index contributed by atoms with van der Waals surface area (Å²) in [4.78, 5) is 13.3. The normalized spacial score (nSPS) is 33.6. The summed E-state index contributed by atoms with van der Waals surface area (Å²) in [6.07, 6.45) is 3.89. The third kappa shape index (κ3) is 2.07. The van der Waals surface area contributed by atoms with E-state index in [2.05, 4.69) is 10.2 Å². The number of nitrogens with one attached hydrogen (secondary N) is 1. The minimum absolute atomic E-state index is 0.176. The molecule has 0 aromatic heterocycles. The Morgan fingerprint density at radius 1 is 1.50 bits per heavy atom. The number of carbonyl (C=O) groups is 1. The van der Waals surface area contributed by atoms with E-state index in [0.29, 0.717) is 18.5 Å². The van der Waals surface area contributed by atoms with E-state index in [1.54, 1.807) is 0 Å². The molecule has 0 saturated carbocycles. The molecule has 2 aliphatic rings. The zero-order chi connectivity index (χ0) is 9.97. The molecule has 80 valence electrons. The highest BCUT2D eigenvalue weighted by atomic mass is 16.3. The molecule has 2 aliphatic heterocycles. The highest BCUT2D eigenvalue weighted by Gasteiger charge is 2.28.